The van der Waals surface area contributed by atoms with Gasteiger partial charge in [0.05, 0.1) is 22.4 Å². The van der Waals surface area contributed by atoms with Crippen molar-refractivity contribution in [3.05, 3.63) is 46.4 Å². The molecule has 1 saturated heterocycles. The number of nitrogens with zero attached hydrogens (tertiary/aromatic N) is 3. The van der Waals surface area contributed by atoms with Crippen molar-refractivity contribution in [3.8, 4) is 0 Å². The zero-order valence-electron chi connectivity index (χ0n) is 15.1. The lowest BCUT2D eigenvalue weighted by molar-refractivity contribution is -0.131. The van der Waals surface area contributed by atoms with Gasteiger partial charge in [0.1, 0.15) is 0 Å². The highest BCUT2D eigenvalue weighted by Gasteiger charge is 2.50. The molecule has 0 unspecified atom stereocenters. The molecule has 1 atom stereocenters. The molecule has 2 aliphatic rings. The lowest BCUT2D eigenvalue weighted by Crippen LogP contribution is -2.40. The van der Waals surface area contributed by atoms with Crippen LogP contribution >= 0.6 is 11.3 Å². The van der Waals surface area contributed by atoms with E-state index in [9.17, 15) is 9.59 Å². The van der Waals surface area contributed by atoms with E-state index < -0.39 is 0 Å². The van der Waals surface area contributed by atoms with Crippen molar-refractivity contribution in [2.24, 2.45) is 5.92 Å². The first-order chi connectivity index (χ1) is 12.5. The molecule has 5 nitrogen and oxygen atoms in total. The van der Waals surface area contributed by atoms with Crippen LogP contribution in [-0.2, 0) is 10.2 Å². The molecule has 2 aromatic heterocycles. The average Bonchev–Trinajstić information content (AvgIpc) is 3.35. The summed E-state index contributed by atoms with van der Waals surface area (Å²) < 4.78 is 0. The van der Waals surface area contributed by atoms with Crippen LogP contribution in [0.2, 0.25) is 0 Å². The van der Waals surface area contributed by atoms with Crippen LogP contribution < -0.4 is 4.90 Å². The Morgan fingerprint density at radius 1 is 1.31 bits per heavy atom. The molecule has 6 heteroatoms. The Labute approximate surface area is 157 Å². The third kappa shape index (κ3) is 2.82. The van der Waals surface area contributed by atoms with Gasteiger partial charge >= 0.3 is 0 Å². The summed E-state index contributed by atoms with van der Waals surface area (Å²) >= 11 is 1.53. The van der Waals surface area contributed by atoms with Gasteiger partial charge in [0, 0.05) is 37.6 Å². The van der Waals surface area contributed by atoms with Crippen LogP contribution in [0.1, 0.15) is 42.7 Å². The van der Waals surface area contributed by atoms with Crippen LogP contribution in [0.25, 0.3) is 0 Å². The maximum atomic E-state index is 13.0. The number of anilines is 1. The molecule has 136 valence electrons. The van der Waals surface area contributed by atoms with Gasteiger partial charge in [-0.1, -0.05) is 13.8 Å². The first-order valence-electron chi connectivity index (χ1n) is 9.07. The van der Waals surface area contributed by atoms with Crippen molar-refractivity contribution in [3.63, 3.8) is 0 Å². The van der Waals surface area contributed by atoms with E-state index in [1.165, 1.54) is 11.3 Å². The Hall–Kier alpha value is -2.21. The Morgan fingerprint density at radius 3 is 2.88 bits per heavy atom. The molecular formula is C20H23N3O2S. The van der Waals surface area contributed by atoms with E-state index in [0.29, 0.717) is 31.0 Å². The molecule has 2 aromatic rings. The van der Waals surface area contributed by atoms with Crippen molar-refractivity contribution in [2.45, 2.75) is 32.1 Å². The average molecular weight is 369 g/mol. The molecule has 4 rings (SSSR count). The summed E-state index contributed by atoms with van der Waals surface area (Å²) in [4.78, 5) is 34.0. The molecule has 0 N–H and O–H groups in total. The number of amides is 2. The molecule has 2 amide bonds. The van der Waals surface area contributed by atoms with Crippen LogP contribution in [0, 0.1) is 5.92 Å². The van der Waals surface area contributed by atoms with E-state index in [-0.39, 0.29) is 17.2 Å². The summed E-state index contributed by atoms with van der Waals surface area (Å²) in [6, 6.07) is 5.71. The molecule has 0 radical (unpaired) electrons. The van der Waals surface area contributed by atoms with Crippen LogP contribution in [0.15, 0.2) is 35.2 Å². The molecule has 0 aromatic carbocycles. The molecule has 26 heavy (non-hydrogen) atoms. The fourth-order valence-electron chi connectivity index (χ4n) is 4.10. The summed E-state index contributed by atoms with van der Waals surface area (Å²) in [5.74, 6) is 0.575. The van der Waals surface area contributed by atoms with Crippen molar-refractivity contribution < 1.29 is 9.59 Å². The zero-order valence-corrected chi connectivity index (χ0v) is 16.0. The van der Waals surface area contributed by atoms with E-state index in [1.807, 2.05) is 38.8 Å². The first kappa shape index (κ1) is 17.2. The number of hydrogen-bond donors (Lipinski definition) is 0. The lowest BCUT2D eigenvalue weighted by Gasteiger charge is -2.25. The third-order valence-electron chi connectivity index (χ3n) is 5.34. The van der Waals surface area contributed by atoms with Crippen LogP contribution in [0.5, 0.6) is 0 Å². The SMILES string of the molecule is CC(C)CC(=O)N1CC[C@]2(C1)CN(C(=O)c1ccsc1)c1cccnc12. The minimum atomic E-state index is -0.241. The molecular weight excluding hydrogens is 346 g/mol. The highest BCUT2D eigenvalue weighted by Crippen LogP contribution is 2.45. The minimum Gasteiger partial charge on any atom is -0.342 e. The fourth-order valence-corrected chi connectivity index (χ4v) is 4.72. The second-order valence-electron chi connectivity index (χ2n) is 7.72. The maximum absolute atomic E-state index is 13.0. The van der Waals surface area contributed by atoms with Crippen LogP contribution in [0.4, 0.5) is 5.69 Å². The Balaban J connectivity index is 1.63. The monoisotopic (exact) mass is 369 g/mol. The molecule has 2 aliphatic heterocycles. The smallest absolute Gasteiger partial charge is 0.259 e. The number of likely N-dealkylation sites (tertiary alicyclic amines) is 1. The summed E-state index contributed by atoms with van der Waals surface area (Å²) in [6.45, 7) is 6.12. The van der Waals surface area contributed by atoms with Gasteiger partial charge in [0.2, 0.25) is 5.91 Å². The number of aromatic nitrogens is 1. The number of carbonyl (C=O) groups is 2. The molecule has 0 saturated carbocycles. The summed E-state index contributed by atoms with van der Waals surface area (Å²) in [5.41, 5.74) is 2.33. The number of carbonyl (C=O) groups excluding carboxylic acids is 2. The Kier molecular flexibility index (Phi) is 4.31. The van der Waals surface area contributed by atoms with Crippen molar-refractivity contribution in [1.29, 1.82) is 0 Å². The zero-order chi connectivity index (χ0) is 18.3. The summed E-state index contributed by atoms with van der Waals surface area (Å²) in [7, 11) is 0. The van der Waals surface area contributed by atoms with Crippen LogP contribution in [0.3, 0.4) is 0 Å². The van der Waals surface area contributed by atoms with E-state index in [4.69, 9.17) is 0 Å². The fraction of sp³-hybridized carbons (Fsp3) is 0.450. The third-order valence-corrected chi connectivity index (χ3v) is 6.03. The molecule has 0 bridgehead atoms. The van der Waals surface area contributed by atoms with E-state index >= 15 is 0 Å². The number of rotatable bonds is 3. The van der Waals surface area contributed by atoms with Gasteiger partial charge in [-0.3, -0.25) is 14.6 Å². The quantitative estimate of drug-likeness (QED) is 0.834. The molecule has 1 spiro atoms. The van der Waals surface area contributed by atoms with E-state index in [2.05, 4.69) is 18.8 Å². The van der Waals surface area contributed by atoms with Gasteiger partial charge < -0.3 is 9.80 Å². The van der Waals surface area contributed by atoms with Gasteiger partial charge in [-0.2, -0.15) is 11.3 Å². The van der Waals surface area contributed by atoms with Crippen LogP contribution in [-0.4, -0.2) is 41.3 Å². The van der Waals surface area contributed by atoms with Gasteiger partial charge in [-0.15, -0.1) is 0 Å². The number of fused-ring (bicyclic) bond motifs is 2. The Bertz CT molecular complexity index is 833. The maximum Gasteiger partial charge on any atom is 0.259 e. The van der Waals surface area contributed by atoms with Crippen molar-refractivity contribution in [2.75, 3.05) is 24.5 Å². The predicted molar refractivity (Wildman–Crippen MR) is 103 cm³/mol. The number of pyridine rings is 1. The number of thiophene rings is 1. The highest BCUT2D eigenvalue weighted by atomic mass is 32.1. The van der Waals surface area contributed by atoms with E-state index in [0.717, 1.165) is 24.3 Å². The minimum absolute atomic E-state index is 0.0179. The topological polar surface area (TPSA) is 53.5 Å². The van der Waals surface area contributed by atoms with E-state index in [1.54, 1.807) is 6.20 Å². The second kappa shape index (κ2) is 6.50. The molecule has 1 fully saturated rings. The normalized spacial score (nSPS) is 21.7. The highest BCUT2D eigenvalue weighted by molar-refractivity contribution is 7.08. The molecule has 0 aliphatic carbocycles. The standard InChI is InChI=1S/C20H23N3O2S/c1-14(2)10-17(24)22-8-6-20(12-22)13-23(16-4-3-7-21-18(16)20)19(25)15-5-9-26-11-15/h3-5,7,9,11,14H,6,8,10,12-13H2,1-2H3/t20-/m0/s1. The Morgan fingerprint density at radius 2 is 2.15 bits per heavy atom. The number of hydrogen-bond acceptors (Lipinski definition) is 4. The predicted octanol–water partition coefficient (Wildman–Crippen LogP) is 3.32. The van der Waals surface area contributed by atoms with Crippen molar-refractivity contribution in [1.82, 2.24) is 9.88 Å². The largest absolute Gasteiger partial charge is 0.342 e. The second-order valence-corrected chi connectivity index (χ2v) is 8.50. The molecule has 4 heterocycles. The van der Waals surface area contributed by atoms with Gasteiger partial charge in [0.25, 0.3) is 5.91 Å². The van der Waals surface area contributed by atoms with Gasteiger partial charge in [-0.25, -0.2) is 0 Å². The van der Waals surface area contributed by atoms with Crippen molar-refractivity contribution >= 4 is 28.8 Å². The first-order valence-corrected chi connectivity index (χ1v) is 10.0. The lowest BCUT2D eigenvalue weighted by atomic mass is 9.85. The van der Waals surface area contributed by atoms with Gasteiger partial charge in [-0.05, 0) is 35.9 Å². The summed E-state index contributed by atoms with van der Waals surface area (Å²) in [6.07, 6.45) is 3.22. The summed E-state index contributed by atoms with van der Waals surface area (Å²) in [5, 5.41) is 3.81. The van der Waals surface area contributed by atoms with Gasteiger partial charge in [0.15, 0.2) is 0 Å².